The van der Waals surface area contributed by atoms with Gasteiger partial charge in [-0.05, 0) is 44.2 Å². The fourth-order valence-corrected chi connectivity index (χ4v) is 4.64. The normalized spacial score (nSPS) is 14.1. The first-order valence-electron chi connectivity index (χ1n) is 12.8. The smallest absolute Gasteiger partial charge is 0.278 e. The van der Waals surface area contributed by atoms with Crippen LogP contribution in [0.2, 0.25) is 0 Å². The van der Waals surface area contributed by atoms with E-state index in [2.05, 4.69) is 41.6 Å². The lowest BCUT2D eigenvalue weighted by molar-refractivity contribution is 0.283. The molecule has 0 bridgehead atoms. The molecular weight excluding hydrogens is 496 g/mol. The summed E-state index contributed by atoms with van der Waals surface area (Å²) in [5.41, 5.74) is 1.78. The first kappa shape index (κ1) is 25.9. The molecule has 0 aliphatic carbocycles. The fraction of sp³-hybridized carbons (Fsp3) is 0.333. The van der Waals surface area contributed by atoms with Crippen molar-refractivity contribution >= 4 is 28.4 Å². The summed E-state index contributed by atoms with van der Waals surface area (Å²) in [6.45, 7) is 18.7. The maximum Gasteiger partial charge on any atom is 0.278 e. The maximum absolute atomic E-state index is 13.2. The van der Waals surface area contributed by atoms with Crippen LogP contribution in [0.4, 0.5) is 17.3 Å². The van der Waals surface area contributed by atoms with E-state index < -0.39 is 0 Å². The first-order valence-corrected chi connectivity index (χ1v) is 12.8. The number of rotatable bonds is 8. The molecule has 200 valence electrons. The van der Waals surface area contributed by atoms with Crippen LogP contribution in [0.1, 0.15) is 19.9 Å². The van der Waals surface area contributed by atoms with Gasteiger partial charge in [-0.15, -0.1) is 11.7 Å². The van der Waals surface area contributed by atoms with Gasteiger partial charge >= 0.3 is 0 Å². The molecule has 5 rings (SSSR count). The molecule has 39 heavy (non-hydrogen) atoms. The SMILES string of the molecule is [C-]#[N+]CN1CCN(c2ccc(Nc3ncc4c(=O)n(CC=C)n(-c5ccc(=O)n(C(C)C)n5)c4n3)cc2)CC1. The molecule has 1 saturated heterocycles. The Morgan fingerprint density at radius 3 is 2.51 bits per heavy atom. The maximum atomic E-state index is 13.2. The molecular formula is C27H30N10O2. The van der Waals surface area contributed by atoms with E-state index in [1.807, 2.05) is 38.1 Å². The number of anilines is 3. The molecule has 0 atom stereocenters. The van der Waals surface area contributed by atoms with Crippen LogP contribution in [0.3, 0.4) is 0 Å². The number of hydrogen-bond acceptors (Lipinski definition) is 8. The van der Waals surface area contributed by atoms with Crippen molar-refractivity contribution in [3.8, 4) is 5.82 Å². The molecule has 1 aromatic carbocycles. The highest BCUT2D eigenvalue weighted by Crippen LogP contribution is 2.22. The van der Waals surface area contributed by atoms with Gasteiger partial charge in [0.1, 0.15) is 5.39 Å². The van der Waals surface area contributed by atoms with Crippen LogP contribution in [-0.4, -0.2) is 66.9 Å². The number of piperazine rings is 1. The third kappa shape index (κ3) is 5.17. The second-order valence-corrected chi connectivity index (χ2v) is 9.56. The number of benzene rings is 1. The second-order valence-electron chi connectivity index (χ2n) is 9.56. The molecule has 3 aromatic heterocycles. The van der Waals surface area contributed by atoms with Crippen molar-refractivity contribution in [2.24, 2.45) is 0 Å². The van der Waals surface area contributed by atoms with E-state index in [0.717, 1.165) is 37.6 Å². The van der Waals surface area contributed by atoms with E-state index in [9.17, 15) is 9.59 Å². The van der Waals surface area contributed by atoms with E-state index in [1.165, 1.54) is 21.6 Å². The number of aromatic nitrogens is 6. The topological polar surface area (TPSA) is 110 Å². The van der Waals surface area contributed by atoms with Crippen molar-refractivity contribution in [3.63, 3.8) is 0 Å². The van der Waals surface area contributed by atoms with Crippen LogP contribution in [0, 0.1) is 6.57 Å². The van der Waals surface area contributed by atoms with Crippen LogP contribution in [0.15, 0.2) is 64.8 Å². The molecule has 4 aromatic rings. The Morgan fingerprint density at radius 2 is 1.85 bits per heavy atom. The first-order chi connectivity index (χ1) is 18.9. The van der Waals surface area contributed by atoms with Gasteiger partial charge in [0.15, 0.2) is 11.5 Å². The number of nitrogens with one attached hydrogen (secondary N) is 1. The Hall–Kier alpha value is -4.76. The van der Waals surface area contributed by atoms with Crippen LogP contribution in [0.5, 0.6) is 0 Å². The van der Waals surface area contributed by atoms with Gasteiger partial charge in [0.25, 0.3) is 17.8 Å². The van der Waals surface area contributed by atoms with E-state index in [0.29, 0.717) is 29.5 Å². The molecule has 0 unspecified atom stereocenters. The summed E-state index contributed by atoms with van der Waals surface area (Å²) >= 11 is 0. The number of allylic oxidation sites excluding steroid dienone is 1. The minimum Gasteiger partial charge on any atom is -0.369 e. The van der Waals surface area contributed by atoms with Crippen molar-refractivity contribution in [3.05, 3.63) is 87.4 Å². The molecule has 1 fully saturated rings. The van der Waals surface area contributed by atoms with Crippen molar-refractivity contribution in [2.75, 3.05) is 43.1 Å². The number of fused-ring (bicyclic) bond motifs is 1. The van der Waals surface area contributed by atoms with Crippen molar-refractivity contribution < 1.29 is 0 Å². The van der Waals surface area contributed by atoms with Gasteiger partial charge in [-0.1, -0.05) is 6.08 Å². The third-order valence-electron chi connectivity index (χ3n) is 6.63. The lowest BCUT2D eigenvalue weighted by Crippen LogP contribution is -2.46. The Kier molecular flexibility index (Phi) is 7.25. The lowest BCUT2D eigenvalue weighted by Gasteiger charge is -2.33. The van der Waals surface area contributed by atoms with Gasteiger partial charge in [-0.3, -0.25) is 14.4 Å². The van der Waals surface area contributed by atoms with E-state index >= 15 is 0 Å². The molecule has 0 saturated carbocycles. The van der Waals surface area contributed by atoms with Crippen LogP contribution < -0.4 is 21.3 Å². The minimum atomic E-state index is -0.276. The quantitative estimate of drug-likeness (QED) is 0.276. The van der Waals surface area contributed by atoms with E-state index in [1.54, 1.807) is 16.8 Å². The monoisotopic (exact) mass is 526 g/mol. The van der Waals surface area contributed by atoms with Gasteiger partial charge in [-0.2, -0.15) is 4.98 Å². The van der Waals surface area contributed by atoms with Crippen LogP contribution in [-0.2, 0) is 6.54 Å². The van der Waals surface area contributed by atoms with Crippen LogP contribution in [0.25, 0.3) is 21.7 Å². The zero-order valence-corrected chi connectivity index (χ0v) is 22.0. The third-order valence-corrected chi connectivity index (χ3v) is 6.63. The fourth-order valence-electron chi connectivity index (χ4n) is 4.64. The zero-order valence-electron chi connectivity index (χ0n) is 22.0. The highest BCUT2D eigenvalue weighted by molar-refractivity contribution is 5.77. The molecule has 12 heteroatoms. The summed E-state index contributed by atoms with van der Waals surface area (Å²) in [4.78, 5) is 42.5. The van der Waals surface area contributed by atoms with Crippen molar-refractivity contribution in [2.45, 2.75) is 26.4 Å². The van der Waals surface area contributed by atoms with Gasteiger partial charge in [0.2, 0.25) is 5.95 Å². The second kappa shape index (κ2) is 10.9. The summed E-state index contributed by atoms with van der Waals surface area (Å²) in [5.74, 6) is 0.715. The van der Waals surface area contributed by atoms with Gasteiger partial charge in [0.05, 0.1) is 12.6 Å². The average molecular weight is 527 g/mol. The van der Waals surface area contributed by atoms with Crippen LogP contribution >= 0.6 is 0 Å². The van der Waals surface area contributed by atoms with Gasteiger partial charge in [-0.25, -0.2) is 30.5 Å². The van der Waals surface area contributed by atoms with Gasteiger partial charge in [0, 0.05) is 49.8 Å². The molecule has 1 aliphatic heterocycles. The summed E-state index contributed by atoms with van der Waals surface area (Å²) < 4.78 is 4.44. The predicted molar refractivity (Wildman–Crippen MR) is 151 cm³/mol. The van der Waals surface area contributed by atoms with E-state index in [4.69, 9.17) is 6.57 Å². The van der Waals surface area contributed by atoms with Crippen molar-refractivity contribution in [1.29, 1.82) is 0 Å². The highest BCUT2D eigenvalue weighted by atomic mass is 16.1. The summed E-state index contributed by atoms with van der Waals surface area (Å²) in [6.07, 6.45) is 3.12. The molecule has 1 aliphatic rings. The summed E-state index contributed by atoms with van der Waals surface area (Å²) in [5, 5.41) is 8.06. The lowest BCUT2D eigenvalue weighted by atomic mass is 10.2. The Bertz CT molecular complexity index is 1650. The zero-order chi connectivity index (χ0) is 27.5. The predicted octanol–water partition coefficient (Wildman–Crippen LogP) is 2.65. The Labute approximate surface area is 225 Å². The molecule has 4 heterocycles. The van der Waals surface area contributed by atoms with Gasteiger partial charge < -0.3 is 10.2 Å². The number of nitrogens with zero attached hydrogens (tertiary/aromatic N) is 9. The molecule has 1 N–H and O–H groups in total. The largest absolute Gasteiger partial charge is 0.369 e. The minimum absolute atomic E-state index is 0.156. The molecule has 12 nitrogen and oxygen atoms in total. The molecule has 0 amide bonds. The number of hydrogen-bond donors (Lipinski definition) is 1. The van der Waals surface area contributed by atoms with Crippen molar-refractivity contribution in [1.82, 2.24) is 34.0 Å². The Morgan fingerprint density at radius 1 is 1.10 bits per heavy atom. The average Bonchev–Trinajstić information content (AvgIpc) is 3.21. The summed E-state index contributed by atoms with van der Waals surface area (Å²) in [6, 6.07) is 10.9. The Balaban J connectivity index is 1.45. The highest BCUT2D eigenvalue weighted by Gasteiger charge is 2.20. The summed E-state index contributed by atoms with van der Waals surface area (Å²) in [7, 11) is 0. The van der Waals surface area contributed by atoms with E-state index in [-0.39, 0.29) is 23.7 Å². The molecule has 0 radical (unpaired) electrons. The standard InChI is InChI=1S/C27H30N10O2/c1-5-12-35-26(39)22-17-29-27(31-25(22)37(35)23-10-11-24(38)36(32-23)19(2)3)30-20-6-8-21(9-7-20)34-15-13-33(14-16-34)18-28-4/h5-11,17,19H,1,12-16,18H2,2-3H3,(H,29,30,31). The molecule has 0 spiro atoms.